The summed E-state index contributed by atoms with van der Waals surface area (Å²) in [6.45, 7) is 2.17. The molecule has 0 aliphatic carbocycles. The number of aliphatic hydroxyl groups excluding tert-OH is 1. The number of esters is 1. The maximum Gasteiger partial charge on any atom is 0.338 e. The highest BCUT2D eigenvalue weighted by molar-refractivity contribution is 7.99. The summed E-state index contributed by atoms with van der Waals surface area (Å²) in [7, 11) is 6.19. The standard InChI is InChI=1S/C25H38O10S/c1-6-36-19-12-16(29-3)21(18(33-19)13-28-2)35-25-23(31-5)22(30-4)20(26)17(34-25)14-32-24(27)15-10-8-7-9-11-15/h7-11,16-23,25-26H,6,12-14H2,1-5H3/t16-,17-,18-,19-,20-,21+,22+,23-,25-/m1/s1. The van der Waals surface area contributed by atoms with Gasteiger partial charge in [-0.3, -0.25) is 0 Å². The molecule has 0 saturated carbocycles. The van der Waals surface area contributed by atoms with E-state index in [-0.39, 0.29) is 18.1 Å². The molecule has 0 amide bonds. The molecule has 2 saturated heterocycles. The first kappa shape index (κ1) is 29.3. The summed E-state index contributed by atoms with van der Waals surface area (Å²) in [5.74, 6) is 0.382. The van der Waals surface area contributed by atoms with Crippen LogP contribution in [0.25, 0.3) is 0 Å². The maximum absolute atomic E-state index is 12.4. The second-order valence-corrected chi connectivity index (χ2v) is 9.96. The molecule has 0 bridgehead atoms. The second kappa shape index (κ2) is 14.6. The second-order valence-electron chi connectivity index (χ2n) is 8.52. The summed E-state index contributed by atoms with van der Waals surface area (Å²) in [6.07, 6.45) is -5.14. The fraction of sp³-hybridized carbons (Fsp3) is 0.720. The number of rotatable bonds is 12. The topological polar surface area (TPSA) is 111 Å². The van der Waals surface area contributed by atoms with Crippen LogP contribution in [0.15, 0.2) is 30.3 Å². The lowest BCUT2D eigenvalue weighted by atomic mass is 9.97. The first-order valence-electron chi connectivity index (χ1n) is 12.0. The van der Waals surface area contributed by atoms with Crippen molar-refractivity contribution in [3.8, 4) is 0 Å². The van der Waals surface area contributed by atoms with Gasteiger partial charge in [0.1, 0.15) is 48.7 Å². The molecule has 204 valence electrons. The van der Waals surface area contributed by atoms with E-state index >= 15 is 0 Å². The van der Waals surface area contributed by atoms with Crippen molar-refractivity contribution in [2.75, 3.05) is 47.4 Å². The predicted molar refractivity (Wildman–Crippen MR) is 132 cm³/mol. The van der Waals surface area contributed by atoms with Gasteiger partial charge in [0.15, 0.2) is 6.29 Å². The average molecular weight is 531 g/mol. The first-order valence-corrected chi connectivity index (χ1v) is 13.1. The summed E-state index contributed by atoms with van der Waals surface area (Å²) < 4.78 is 46.5. The van der Waals surface area contributed by atoms with E-state index in [1.54, 1.807) is 50.2 Å². The van der Waals surface area contributed by atoms with Crippen molar-refractivity contribution < 1.29 is 47.8 Å². The van der Waals surface area contributed by atoms with Crippen LogP contribution in [0.5, 0.6) is 0 Å². The van der Waals surface area contributed by atoms with Crippen LogP contribution in [0, 0.1) is 0 Å². The Balaban J connectivity index is 1.75. The van der Waals surface area contributed by atoms with Crippen molar-refractivity contribution in [3.63, 3.8) is 0 Å². The minimum atomic E-state index is -1.12. The van der Waals surface area contributed by atoms with E-state index < -0.39 is 48.9 Å². The van der Waals surface area contributed by atoms with Gasteiger partial charge in [-0.05, 0) is 17.9 Å². The van der Waals surface area contributed by atoms with Gasteiger partial charge in [-0.1, -0.05) is 25.1 Å². The Morgan fingerprint density at radius 3 is 2.31 bits per heavy atom. The third kappa shape index (κ3) is 7.18. The van der Waals surface area contributed by atoms with E-state index in [0.29, 0.717) is 18.6 Å². The van der Waals surface area contributed by atoms with Gasteiger partial charge in [0, 0.05) is 34.9 Å². The van der Waals surface area contributed by atoms with Gasteiger partial charge in [-0.2, -0.15) is 0 Å². The number of methoxy groups -OCH3 is 4. The van der Waals surface area contributed by atoms with Crippen molar-refractivity contribution in [2.24, 2.45) is 0 Å². The minimum absolute atomic E-state index is 0.0517. The molecule has 10 nitrogen and oxygen atoms in total. The van der Waals surface area contributed by atoms with Gasteiger partial charge >= 0.3 is 5.97 Å². The van der Waals surface area contributed by atoms with E-state index in [2.05, 4.69) is 6.92 Å². The molecule has 1 N–H and O–H groups in total. The van der Waals surface area contributed by atoms with Gasteiger partial charge in [-0.15, -0.1) is 11.8 Å². The van der Waals surface area contributed by atoms with Crippen LogP contribution in [0.2, 0.25) is 0 Å². The number of aliphatic hydroxyl groups is 1. The molecule has 0 spiro atoms. The van der Waals surface area contributed by atoms with Gasteiger partial charge < -0.3 is 43.0 Å². The molecule has 36 heavy (non-hydrogen) atoms. The van der Waals surface area contributed by atoms with E-state index in [1.165, 1.54) is 14.2 Å². The van der Waals surface area contributed by atoms with Crippen molar-refractivity contribution in [1.29, 1.82) is 0 Å². The molecular formula is C25H38O10S. The normalized spacial score (nSPS) is 34.9. The molecule has 2 aliphatic rings. The van der Waals surface area contributed by atoms with Crippen molar-refractivity contribution in [1.82, 2.24) is 0 Å². The Kier molecular flexibility index (Phi) is 11.9. The lowest BCUT2D eigenvalue weighted by Gasteiger charge is -2.47. The fourth-order valence-electron chi connectivity index (χ4n) is 4.52. The molecule has 9 atom stereocenters. The lowest BCUT2D eigenvalue weighted by molar-refractivity contribution is -0.338. The fourth-order valence-corrected chi connectivity index (χ4v) is 5.43. The van der Waals surface area contributed by atoms with Crippen LogP contribution in [0.1, 0.15) is 23.7 Å². The molecule has 2 fully saturated rings. The number of carbonyl (C=O) groups excluding carboxylic acids is 1. The number of benzene rings is 1. The molecule has 1 aromatic carbocycles. The van der Waals surface area contributed by atoms with Crippen LogP contribution in [-0.4, -0.2) is 113 Å². The zero-order valence-corrected chi connectivity index (χ0v) is 22.3. The highest BCUT2D eigenvalue weighted by atomic mass is 32.2. The molecule has 11 heteroatoms. The summed E-state index contributed by atoms with van der Waals surface area (Å²) >= 11 is 1.70. The van der Waals surface area contributed by atoms with Crippen LogP contribution in [-0.2, 0) is 37.9 Å². The summed E-state index contributed by atoms with van der Waals surface area (Å²) in [5.41, 5.74) is 0.349. The van der Waals surface area contributed by atoms with Crippen LogP contribution in [0.4, 0.5) is 0 Å². The summed E-state index contributed by atoms with van der Waals surface area (Å²) in [6, 6.07) is 8.60. The van der Waals surface area contributed by atoms with Crippen molar-refractivity contribution in [3.05, 3.63) is 35.9 Å². The Hall–Kier alpha value is -1.28. The van der Waals surface area contributed by atoms with E-state index in [0.717, 1.165) is 5.75 Å². The van der Waals surface area contributed by atoms with Crippen LogP contribution >= 0.6 is 11.8 Å². The van der Waals surface area contributed by atoms with Crippen LogP contribution < -0.4 is 0 Å². The van der Waals surface area contributed by atoms with Gasteiger partial charge in [0.25, 0.3) is 0 Å². The van der Waals surface area contributed by atoms with Gasteiger partial charge in [-0.25, -0.2) is 4.79 Å². The Morgan fingerprint density at radius 1 is 0.972 bits per heavy atom. The molecular weight excluding hydrogens is 492 g/mol. The monoisotopic (exact) mass is 530 g/mol. The van der Waals surface area contributed by atoms with E-state index in [9.17, 15) is 9.90 Å². The van der Waals surface area contributed by atoms with Crippen molar-refractivity contribution in [2.45, 2.75) is 67.8 Å². The SMILES string of the molecule is CCS[C@@H]1C[C@@H](OC)[C@H](O[C@H]2O[C@H](COC(=O)c3ccccc3)[C@@H](O)[C@H](OC)[C@H]2OC)[C@@H](COC)O1. The maximum atomic E-state index is 12.4. The number of ether oxygens (including phenoxy) is 8. The highest BCUT2D eigenvalue weighted by Crippen LogP contribution is 2.34. The van der Waals surface area contributed by atoms with E-state index in [1.807, 2.05) is 6.07 Å². The van der Waals surface area contributed by atoms with E-state index in [4.69, 9.17) is 37.9 Å². The zero-order valence-electron chi connectivity index (χ0n) is 21.4. The van der Waals surface area contributed by atoms with Crippen LogP contribution in [0.3, 0.4) is 0 Å². The molecule has 0 radical (unpaired) electrons. The Labute approximate surface area is 216 Å². The minimum Gasteiger partial charge on any atom is -0.459 e. The highest BCUT2D eigenvalue weighted by Gasteiger charge is 2.50. The Bertz CT molecular complexity index is 783. The number of hydrogen-bond donors (Lipinski definition) is 1. The molecule has 0 unspecified atom stereocenters. The summed E-state index contributed by atoms with van der Waals surface area (Å²) in [5, 5.41) is 10.9. The Morgan fingerprint density at radius 2 is 1.69 bits per heavy atom. The van der Waals surface area contributed by atoms with Gasteiger partial charge in [0.05, 0.1) is 18.3 Å². The third-order valence-corrected chi connectivity index (χ3v) is 7.32. The molecule has 3 rings (SSSR count). The predicted octanol–water partition coefficient (Wildman–Crippen LogP) is 1.87. The molecule has 2 heterocycles. The first-order chi connectivity index (χ1) is 17.5. The third-order valence-electron chi connectivity index (χ3n) is 6.31. The van der Waals surface area contributed by atoms with Crippen molar-refractivity contribution >= 4 is 17.7 Å². The number of carbonyl (C=O) groups is 1. The average Bonchev–Trinajstić information content (AvgIpc) is 2.90. The summed E-state index contributed by atoms with van der Waals surface area (Å²) in [4.78, 5) is 12.4. The smallest absolute Gasteiger partial charge is 0.338 e. The molecule has 2 aliphatic heterocycles. The van der Waals surface area contributed by atoms with Gasteiger partial charge in [0.2, 0.25) is 0 Å². The molecule has 0 aromatic heterocycles. The quantitative estimate of drug-likeness (QED) is 0.400. The molecule has 1 aromatic rings. The number of hydrogen-bond acceptors (Lipinski definition) is 11. The zero-order chi connectivity index (χ0) is 26.1. The lowest BCUT2D eigenvalue weighted by Crippen LogP contribution is -2.63. The largest absolute Gasteiger partial charge is 0.459 e. The number of thioether (sulfide) groups is 1.